The smallest absolute Gasteiger partial charge is 0.239 e. The van der Waals surface area contributed by atoms with Gasteiger partial charge in [0.25, 0.3) is 0 Å². The van der Waals surface area contributed by atoms with Crippen LogP contribution in [0.5, 0.6) is 0 Å². The van der Waals surface area contributed by atoms with Crippen molar-refractivity contribution in [1.82, 2.24) is 0 Å². The van der Waals surface area contributed by atoms with E-state index in [9.17, 15) is 4.79 Å². The molecule has 94 valence electrons. The highest BCUT2D eigenvalue weighted by Crippen LogP contribution is 2.27. The molecule has 0 fully saturated rings. The van der Waals surface area contributed by atoms with E-state index in [-0.39, 0.29) is 11.2 Å². The van der Waals surface area contributed by atoms with E-state index in [0.717, 1.165) is 16.5 Å². The van der Waals surface area contributed by atoms with Crippen LogP contribution in [0.3, 0.4) is 0 Å². The molecule has 0 aliphatic rings. The van der Waals surface area contributed by atoms with Gasteiger partial charge in [0.1, 0.15) is 0 Å². The summed E-state index contributed by atoms with van der Waals surface area (Å²) >= 11 is 4.24. The van der Waals surface area contributed by atoms with Gasteiger partial charge in [0.05, 0.1) is 10.9 Å². The SMILES string of the molecule is CCN(C(=O)C(C)S)c1cccc2ccccc12. The topological polar surface area (TPSA) is 20.3 Å². The van der Waals surface area contributed by atoms with Crippen molar-refractivity contribution in [2.75, 3.05) is 11.4 Å². The largest absolute Gasteiger partial charge is 0.311 e. The summed E-state index contributed by atoms with van der Waals surface area (Å²) in [4.78, 5) is 14.0. The number of nitrogens with zero attached hydrogens (tertiary/aromatic N) is 1. The van der Waals surface area contributed by atoms with Crippen LogP contribution in [0.1, 0.15) is 13.8 Å². The molecule has 0 aliphatic carbocycles. The lowest BCUT2D eigenvalue weighted by molar-refractivity contribution is -0.117. The van der Waals surface area contributed by atoms with E-state index < -0.39 is 0 Å². The fourth-order valence-corrected chi connectivity index (χ4v) is 2.25. The minimum absolute atomic E-state index is 0.0391. The maximum absolute atomic E-state index is 12.2. The van der Waals surface area contributed by atoms with Crippen LogP contribution in [0, 0.1) is 0 Å². The van der Waals surface area contributed by atoms with E-state index in [1.54, 1.807) is 11.8 Å². The number of fused-ring (bicyclic) bond motifs is 1. The average Bonchev–Trinajstić information content (AvgIpc) is 2.39. The molecule has 0 radical (unpaired) electrons. The number of carbonyl (C=O) groups is 1. The van der Waals surface area contributed by atoms with Gasteiger partial charge in [-0.25, -0.2) is 0 Å². The summed E-state index contributed by atoms with van der Waals surface area (Å²) in [7, 11) is 0. The third kappa shape index (κ3) is 2.36. The molecule has 18 heavy (non-hydrogen) atoms. The van der Waals surface area contributed by atoms with Gasteiger partial charge >= 0.3 is 0 Å². The molecule has 3 heteroatoms. The minimum Gasteiger partial charge on any atom is -0.311 e. The molecular formula is C15H17NOS. The summed E-state index contributed by atoms with van der Waals surface area (Å²) in [6, 6.07) is 14.1. The first-order chi connectivity index (χ1) is 8.65. The van der Waals surface area contributed by atoms with Crippen molar-refractivity contribution >= 4 is 35.0 Å². The molecule has 0 aliphatic heterocycles. The third-order valence-corrected chi connectivity index (χ3v) is 3.22. The number of rotatable bonds is 3. The molecule has 0 saturated heterocycles. The van der Waals surface area contributed by atoms with Crippen molar-refractivity contribution in [3.8, 4) is 0 Å². The van der Waals surface area contributed by atoms with Gasteiger partial charge in [0, 0.05) is 11.9 Å². The number of amides is 1. The van der Waals surface area contributed by atoms with Gasteiger partial charge in [-0.1, -0.05) is 36.4 Å². The first-order valence-electron chi connectivity index (χ1n) is 6.12. The monoisotopic (exact) mass is 259 g/mol. The summed E-state index contributed by atoms with van der Waals surface area (Å²) in [5.41, 5.74) is 0.960. The number of hydrogen-bond donors (Lipinski definition) is 1. The predicted molar refractivity (Wildman–Crippen MR) is 80.4 cm³/mol. The summed E-state index contributed by atoms with van der Waals surface area (Å²) in [6.07, 6.45) is 0. The van der Waals surface area contributed by atoms with Crippen LogP contribution in [-0.2, 0) is 4.79 Å². The van der Waals surface area contributed by atoms with E-state index >= 15 is 0 Å². The summed E-state index contributed by atoms with van der Waals surface area (Å²) in [6.45, 7) is 4.44. The Kier molecular flexibility index (Phi) is 3.92. The Morgan fingerprint density at radius 3 is 2.56 bits per heavy atom. The zero-order valence-corrected chi connectivity index (χ0v) is 11.5. The molecule has 2 nitrogen and oxygen atoms in total. The molecule has 1 atom stereocenters. The zero-order chi connectivity index (χ0) is 13.1. The molecular weight excluding hydrogens is 242 g/mol. The fourth-order valence-electron chi connectivity index (χ4n) is 2.11. The number of anilines is 1. The van der Waals surface area contributed by atoms with E-state index in [4.69, 9.17) is 0 Å². The molecule has 2 rings (SSSR count). The van der Waals surface area contributed by atoms with Crippen molar-refractivity contribution in [2.45, 2.75) is 19.1 Å². The van der Waals surface area contributed by atoms with Crippen LogP contribution < -0.4 is 4.90 Å². The van der Waals surface area contributed by atoms with Crippen LogP contribution in [0.2, 0.25) is 0 Å². The molecule has 0 heterocycles. The Morgan fingerprint density at radius 2 is 1.89 bits per heavy atom. The van der Waals surface area contributed by atoms with Crippen molar-refractivity contribution in [3.63, 3.8) is 0 Å². The Hall–Kier alpha value is -1.48. The number of benzene rings is 2. The van der Waals surface area contributed by atoms with Gasteiger partial charge < -0.3 is 4.90 Å². The molecule has 0 spiro atoms. The Bertz CT molecular complexity index is 560. The van der Waals surface area contributed by atoms with Crippen molar-refractivity contribution in [3.05, 3.63) is 42.5 Å². The zero-order valence-electron chi connectivity index (χ0n) is 10.6. The first-order valence-corrected chi connectivity index (χ1v) is 6.64. The maximum atomic E-state index is 12.2. The highest BCUT2D eigenvalue weighted by Gasteiger charge is 2.19. The van der Waals surface area contributed by atoms with E-state index in [2.05, 4.69) is 24.8 Å². The molecule has 1 amide bonds. The predicted octanol–water partition coefficient (Wildman–Crippen LogP) is 3.51. The molecule has 2 aromatic carbocycles. The van der Waals surface area contributed by atoms with Crippen LogP contribution >= 0.6 is 12.6 Å². The lowest BCUT2D eigenvalue weighted by Crippen LogP contribution is -2.35. The minimum atomic E-state index is -0.288. The Morgan fingerprint density at radius 1 is 1.22 bits per heavy atom. The Labute approximate surface area is 113 Å². The number of carbonyl (C=O) groups excluding carboxylic acids is 1. The second-order valence-electron chi connectivity index (χ2n) is 4.26. The van der Waals surface area contributed by atoms with Gasteiger partial charge in [0.2, 0.25) is 5.91 Å². The normalized spacial score (nSPS) is 12.4. The number of hydrogen-bond acceptors (Lipinski definition) is 2. The van der Waals surface area contributed by atoms with Crippen LogP contribution in [0.15, 0.2) is 42.5 Å². The second-order valence-corrected chi connectivity index (χ2v) is 5.03. The number of thiol groups is 1. The second kappa shape index (κ2) is 5.44. The van der Waals surface area contributed by atoms with Gasteiger partial charge in [-0.05, 0) is 25.3 Å². The summed E-state index contributed by atoms with van der Waals surface area (Å²) in [5, 5.41) is 1.96. The standard InChI is InChI=1S/C15H17NOS/c1-3-16(15(17)11(2)18)14-10-6-8-12-7-4-5-9-13(12)14/h4-11,18H,3H2,1-2H3. The van der Waals surface area contributed by atoms with Crippen LogP contribution in [-0.4, -0.2) is 17.7 Å². The first kappa shape index (κ1) is 13.0. The highest BCUT2D eigenvalue weighted by molar-refractivity contribution is 7.81. The van der Waals surface area contributed by atoms with Crippen molar-refractivity contribution < 1.29 is 4.79 Å². The third-order valence-electron chi connectivity index (χ3n) is 3.00. The molecule has 0 N–H and O–H groups in total. The van der Waals surface area contributed by atoms with Gasteiger partial charge in [-0.3, -0.25) is 4.79 Å². The molecule has 0 bridgehead atoms. The Balaban J connectivity index is 2.55. The highest BCUT2D eigenvalue weighted by atomic mass is 32.1. The van der Waals surface area contributed by atoms with Gasteiger partial charge in [-0.2, -0.15) is 12.6 Å². The molecule has 2 aromatic rings. The molecule has 0 saturated carbocycles. The molecule has 1 unspecified atom stereocenters. The maximum Gasteiger partial charge on any atom is 0.239 e. The van der Waals surface area contributed by atoms with E-state index in [1.165, 1.54) is 0 Å². The van der Waals surface area contributed by atoms with Crippen molar-refractivity contribution in [1.29, 1.82) is 0 Å². The average molecular weight is 259 g/mol. The lowest BCUT2D eigenvalue weighted by atomic mass is 10.1. The van der Waals surface area contributed by atoms with Crippen LogP contribution in [0.25, 0.3) is 10.8 Å². The van der Waals surface area contributed by atoms with Crippen molar-refractivity contribution in [2.24, 2.45) is 0 Å². The quantitative estimate of drug-likeness (QED) is 0.836. The summed E-state index contributed by atoms with van der Waals surface area (Å²) in [5.74, 6) is 0.0391. The van der Waals surface area contributed by atoms with E-state index in [0.29, 0.717) is 6.54 Å². The molecule has 0 aromatic heterocycles. The van der Waals surface area contributed by atoms with Gasteiger partial charge in [0.15, 0.2) is 0 Å². The lowest BCUT2D eigenvalue weighted by Gasteiger charge is -2.24. The van der Waals surface area contributed by atoms with E-state index in [1.807, 2.05) is 37.3 Å². The van der Waals surface area contributed by atoms with Gasteiger partial charge in [-0.15, -0.1) is 0 Å². The summed E-state index contributed by atoms with van der Waals surface area (Å²) < 4.78 is 0. The van der Waals surface area contributed by atoms with Crippen LogP contribution in [0.4, 0.5) is 5.69 Å². The fraction of sp³-hybridized carbons (Fsp3) is 0.267.